The Morgan fingerprint density at radius 2 is 1.59 bits per heavy atom. The minimum atomic E-state index is -1.38. The Hall–Kier alpha value is -2.06. The summed E-state index contributed by atoms with van der Waals surface area (Å²) in [6.45, 7) is 0. The molecular formula is C15H12O2. The lowest BCUT2D eigenvalue weighted by atomic mass is 9.92. The minimum absolute atomic E-state index is 0.733. The predicted octanol–water partition coefficient (Wildman–Crippen LogP) is 2.88. The van der Waals surface area contributed by atoms with Crippen molar-refractivity contribution in [1.82, 2.24) is 0 Å². The van der Waals surface area contributed by atoms with E-state index < -0.39 is 5.79 Å². The summed E-state index contributed by atoms with van der Waals surface area (Å²) < 4.78 is 5.45. The van der Waals surface area contributed by atoms with Gasteiger partial charge in [0, 0.05) is 11.1 Å². The van der Waals surface area contributed by atoms with E-state index in [1.165, 1.54) is 6.26 Å². The van der Waals surface area contributed by atoms with Gasteiger partial charge in [0.1, 0.15) is 0 Å². The summed E-state index contributed by atoms with van der Waals surface area (Å²) in [6, 6.07) is 17.1. The topological polar surface area (TPSA) is 29.5 Å². The molecule has 0 amide bonds. The first-order chi connectivity index (χ1) is 8.31. The van der Waals surface area contributed by atoms with Crippen LogP contribution < -0.4 is 0 Å². The molecule has 3 rings (SSSR count). The average Bonchev–Trinajstić information content (AvgIpc) is 2.40. The molecule has 1 aliphatic rings. The van der Waals surface area contributed by atoms with E-state index in [2.05, 4.69) is 0 Å². The van der Waals surface area contributed by atoms with Crippen LogP contribution in [0.2, 0.25) is 0 Å². The largest absolute Gasteiger partial charge is 0.461 e. The van der Waals surface area contributed by atoms with Gasteiger partial charge in [0.25, 0.3) is 5.79 Å². The number of fused-ring (bicyclic) bond motifs is 1. The van der Waals surface area contributed by atoms with E-state index in [1.54, 1.807) is 0 Å². The molecule has 0 saturated carbocycles. The van der Waals surface area contributed by atoms with E-state index in [0.29, 0.717) is 0 Å². The summed E-state index contributed by atoms with van der Waals surface area (Å²) >= 11 is 0. The summed E-state index contributed by atoms with van der Waals surface area (Å²) in [7, 11) is 0. The Labute approximate surface area is 99.8 Å². The maximum atomic E-state index is 10.7. The molecule has 1 unspecified atom stereocenters. The van der Waals surface area contributed by atoms with Crippen LogP contribution in [0.4, 0.5) is 0 Å². The van der Waals surface area contributed by atoms with Gasteiger partial charge in [0.05, 0.1) is 6.26 Å². The summed E-state index contributed by atoms with van der Waals surface area (Å²) in [5.74, 6) is -1.38. The van der Waals surface area contributed by atoms with E-state index in [-0.39, 0.29) is 0 Å². The molecule has 0 saturated heterocycles. The van der Waals surface area contributed by atoms with Crippen LogP contribution in [-0.4, -0.2) is 5.11 Å². The molecule has 2 nitrogen and oxygen atoms in total. The molecule has 1 N–H and O–H groups in total. The fourth-order valence-electron chi connectivity index (χ4n) is 2.11. The number of ether oxygens (including phenoxy) is 1. The molecule has 2 aromatic rings. The summed E-state index contributed by atoms with van der Waals surface area (Å²) in [4.78, 5) is 0. The van der Waals surface area contributed by atoms with Gasteiger partial charge in [-0.2, -0.15) is 0 Å². The van der Waals surface area contributed by atoms with E-state index in [9.17, 15) is 5.11 Å². The zero-order valence-electron chi connectivity index (χ0n) is 9.21. The van der Waals surface area contributed by atoms with Crippen LogP contribution >= 0.6 is 0 Å². The number of benzene rings is 2. The Kier molecular flexibility index (Phi) is 2.23. The lowest BCUT2D eigenvalue weighted by molar-refractivity contribution is -0.141. The van der Waals surface area contributed by atoms with Gasteiger partial charge in [0.15, 0.2) is 0 Å². The lowest BCUT2D eigenvalue weighted by Crippen LogP contribution is -2.31. The highest BCUT2D eigenvalue weighted by atomic mass is 16.6. The first-order valence-corrected chi connectivity index (χ1v) is 5.52. The van der Waals surface area contributed by atoms with E-state index in [4.69, 9.17) is 4.74 Å². The highest BCUT2D eigenvalue weighted by Gasteiger charge is 2.36. The molecule has 1 heterocycles. The molecule has 0 aliphatic carbocycles. The third-order valence-corrected chi connectivity index (χ3v) is 2.98. The molecular weight excluding hydrogens is 212 g/mol. The van der Waals surface area contributed by atoms with Crippen molar-refractivity contribution in [3.8, 4) is 0 Å². The van der Waals surface area contributed by atoms with Crippen molar-refractivity contribution in [2.45, 2.75) is 5.79 Å². The van der Waals surface area contributed by atoms with Crippen LogP contribution in [0.25, 0.3) is 6.08 Å². The fourth-order valence-corrected chi connectivity index (χ4v) is 2.11. The van der Waals surface area contributed by atoms with Crippen LogP contribution in [0.3, 0.4) is 0 Å². The number of hydrogen-bond donors (Lipinski definition) is 1. The number of rotatable bonds is 1. The van der Waals surface area contributed by atoms with Crippen LogP contribution in [0.1, 0.15) is 16.7 Å². The Morgan fingerprint density at radius 1 is 0.882 bits per heavy atom. The SMILES string of the molecule is OC1(c2ccccc2)OC=Cc2ccccc21. The van der Waals surface area contributed by atoms with Gasteiger partial charge in [-0.3, -0.25) is 0 Å². The van der Waals surface area contributed by atoms with E-state index in [0.717, 1.165) is 16.7 Å². The third-order valence-electron chi connectivity index (χ3n) is 2.98. The second kappa shape index (κ2) is 3.75. The van der Waals surface area contributed by atoms with Crippen molar-refractivity contribution >= 4 is 6.08 Å². The molecule has 2 heteroatoms. The maximum absolute atomic E-state index is 10.7. The highest BCUT2D eigenvalue weighted by Crippen LogP contribution is 2.36. The zero-order chi connectivity index (χ0) is 11.7. The first kappa shape index (κ1) is 10.1. The van der Waals surface area contributed by atoms with Gasteiger partial charge < -0.3 is 9.84 Å². The molecule has 0 bridgehead atoms. The zero-order valence-corrected chi connectivity index (χ0v) is 9.21. The van der Waals surface area contributed by atoms with Crippen LogP contribution in [0, 0.1) is 0 Å². The van der Waals surface area contributed by atoms with Crippen molar-refractivity contribution in [3.05, 3.63) is 77.5 Å². The normalized spacial score (nSPS) is 21.7. The van der Waals surface area contributed by atoms with Gasteiger partial charge >= 0.3 is 0 Å². The van der Waals surface area contributed by atoms with Crippen molar-refractivity contribution in [3.63, 3.8) is 0 Å². The van der Waals surface area contributed by atoms with Crippen molar-refractivity contribution in [2.24, 2.45) is 0 Å². The maximum Gasteiger partial charge on any atom is 0.261 e. The van der Waals surface area contributed by atoms with Crippen LogP contribution in [-0.2, 0) is 10.5 Å². The number of hydrogen-bond acceptors (Lipinski definition) is 2. The Morgan fingerprint density at radius 3 is 2.41 bits per heavy atom. The quantitative estimate of drug-likeness (QED) is 0.807. The molecule has 0 aromatic heterocycles. The van der Waals surface area contributed by atoms with Gasteiger partial charge in [-0.15, -0.1) is 0 Å². The van der Waals surface area contributed by atoms with E-state index >= 15 is 0 Å². The molecule has 17 heavy (non-hydrogen) atoms. The van der Waals surface area contributed by atoms with Gasteiger partial charge in [-0.05, 0) is 11.6 Å². The molecule has 84 valence electrons. The second-order valence-corrected chi connectivity index (χ2v) is 4.02. The molecule has 0 spiro atoms. The molecule has 0 fully saturated rings. The summed E-state index contributed by atoms with van der Waals surface area (Å²) in [5, 5.41) is 10.7. The third kappa shape index (κ3) is 1.54. The van der Waals surface area contributed by atoms with Crippen molar-refractivity contribution in [2.75, 3.05) is 0 Å². The van der Waals surface area contributed by atoms with E-state index in [1.807, 2.05) is 60.7 Å². The molecule has 1 atom stereocenters. The van der Waals surface area contributed by atoms with Crippen LogP contribution in [0.15, 0.2) is 60.9 Å². The molecule has 2 aromatic carbocycles. The van der Waals surface area contributed by atoms with Gasteiger partial charge in [-0.25, -0.2) is 0 Å². The standard InChI is InChI=1S/C15H12O2/c16-15(13-7-2-1-3-8-13)14-9-5-4-6-12(14)10-11-17-15/h1-11,16H. The highest BCUT2D eigenvalue weighted by molar-refractivity contribution is 5.58. The lowest BCUT2D eigenvalue weighted by Gasteiger charge is -2.32. The fraction of sp³-hybridized carbons (Fsp3) is 0.0667. The Balaban J connectivity index is 2.19. The predicted molar refractivity (Wildman–Crippen MR) is 66.0 cm³/mol. The Bertz CT molecular complexity index is 560. The van der Waals surface area contributed by atoms with Gasteiger partial charge in [0.2, 0.25) is 0 Å². The summed E-state index contributed by atoms with van der Waals surface area (Å²) in [5.41, 5.74) is 2.48. The van der Waals surface area contributed by atoms with Crippen molar-refractivity contribution < 1.29 is 9.84 Å². The summed E-state index contributed by atoms with van der Waals surface area (Å²) in [6.07, 6.45) is 3.39. The second-order valence-electron chi connectivity index (χ2n) is 4.02. The van der Waals surface area contributed by atoms with Crippen molar-refractivity contribution in [1.29, 1.82) is 0 Å². The molecule has 0 radical (unpaired) electrons. The van der Waals surface area contributed by atoms with Crippen LogP contribution in [0.5, 0.6) is 0 Å². The minimum Gasteiger partial charge on any atom is -0.461 e. The van der Waals surface area contributed by atoms with Gasteiger partial charge in [-0.1, -0.05) is 54.6 Å². The monoisotopic (exact) mass is 224 g/mol. The average molecular weight is 224 g/mol. The first-order valence-electron chi connectivity index (χ1n) is 5.52. The molecule has 1 aliphatic heterocycles. The number of aliphatic hydroxyl groups is 1. The smallest absolute Gasteiger partial charge is 0.261 e.